The molecule has 2 aromatic carbocycles. The lowest BCUT2D eigenvalue weighted by Gasteiger charge is -2.34. The number of carbonyl (C=O) groups is 1. The maximum atomic E-state index is 12.9. The van der Waals surface area contributed by atoms with E-state index in [1.807, 2.05) is 24.3 Å². The second-order valence-corrected chi connectivity index (χ2v) is 7.47. The molecular formula is C17H19N3O5S. The Labute approximate surface area is 151 Å². The molecule has 1 atom stereocenters. The van der Waals surface area contributed by atoms with Gasteiger partial charge in [-0.1, -0.05) is 24.3 Å². The molecule has 8 nitrogen and oxygen atoms in total. The predicted octanol–water partition coefficient (Wildman–Crippen LogP) is 1.28. The summed E-state index contributed by atoms with van der Waals surface area (Å²) in [7, 11) is -2.52. The van der Waals surface area contributed by atoms with E-state index in [-0.39, 0.29) is 13.0 Å². The fourth-order valence-corrected chi connectivity index (χ4v) is 4.28. The van der Waals surface area contributed by atoms with Crippen molar-refractivity contribution in [2.75, 3.05) is 11.8 Å². The molecule has 9 heteroatoms. The molecule has 3 N–H and O–H groups in total. The van der Waals surface area contributed by atoms with Crippen LogP contribution in [0.2, 0.25) is 0 Å². The number of anilines is 1. The lowest BCUT2D eigenvalue weighted by molar-refractivity contribution is -0.133. The first kappa shape index (κ1) is 18.2. The van der Waals surface area contributed by atoms with Crippen LogP contribution in [0.1, 0.15) is 11.1 Å². The van der Waals surface area contributed by atoms with Crippen LogP contribution < -0.4 is 14.9 Å². The summed E-state index contributed by atoms with van der Waals surface area (Å²) in [4.78, 5) is 12.1. The zero-order valence-electron chi connectivity index (χ0n) is 14.0. The topological polar surface area (TPSA) is 108 Å². The molecule has 0 fully saturated rings. The third-order valence-corrected chi connectivity index (χ3v) is 5.76. The average molecular weight is 377 g/mol. The van der Waals surface area contributed by atoms with Gasteiger partial charge in [-0.2, -0.15) is 12.7 Å². The number of fused-ring (bicyclic) bond motifs is 1. The number of benzene rings is 2. The van der Waals surface area contributed by atoms with E-state index in [2.05, 4.69) is 4.72 Å². The van der Waals surface area contributed by atoms with E-state index in [4.69, 9.17) is 9.94 Å². The van der Waals surface area contributed by atoms with Crippen molar-refractivity contribution in [3.8, 4) is 5.75 Å². The van der Waals surface area contributed by atoms with E-state index in [1.54, 1.807) is 29.7 Å². The standard InChI is InChI=1S/C17H19N3O5S/c1-25-15-8-6-14(7-9-15)19-26(23,24)20-11-13-5-3-2-4-12(13)10-16(20)17(21)18-22/h2-9,16,19,22H,10-11H2,1H3,(H,18,21)/t16-/m1/s1. The van der Waals surface area contributed by atoms with Gasteiger partial charge in [0.2, 0.25) is 0 Å². The predicted molar refractivity (Wildman–Crippen MR) is 94.9 cm³/mol. The van der Waals surface area contributed by atoms with Crippen LogP contribution in [0.5, 0.6) is 5.75 Å². The molecule has 0 unspecified atom stereocenters. The van der Waals surface area contributed by atoms with E-state index in [0.29, 0.717) is 11.4 Å². The zero-order chi connectivity index (χ0) is 18.7. The Morgan fingerprint density at radius 3 is 2.42 bits per heavy atom. The fourth-order valence-electron chi connectivity index (χ4n) is 2.92. The van der Waals surface area contributed by atoms with E-state index < -0.39 is 22.2 Å². The van der Waals surface area contributed by atoms with Crippen molar-refractivity contribution in [1.29, 1.82) is 0 Å². The molecule has 0 spiro atoms. The number of amides is 1. The first-order chi connectivity index (χ1) is 12.4. The molecule has 0 aromatic heterocycles. The first-order valence-corrected chi connectivity index (χ1v) is 9.33. The van der Waals surface area contributed by atoms with Gasteiger partial charge in [0.25, 0.3) is 5.91 Å². The fraction of sp³-hybridized carbons (Fsp3) is 0.235. The third kappa shape index (κ3) is 3.64. The lowest BCUT2D eigenvalue weighted by Crippen LogP contribution is -2.53. The van der Waals surface area contributed by atoms with E-state index in [0.717, 1.165) is 15.4 Å². The van der Waals surface area contributed by atoms with Crippen LogP contribution in [-0.2, 0) is 28.0 Å². The van der Waals surface area contributed by atoms with Crippen LogP contribution in [0.3, 0.4) is 0 Å². The van der Waals surface area contributed by atoms with Gasteiger partial charge in [0.05, 0.1) is 12.8 Å². The number of ether oxygens (including phenoxy) is 1. The second-order valence-electron chi connectivity index (χ2n) is 5.85. The molecule has 3 rings (SSSR count). The van der Waals surface area contributed by atoms with Gasteiger partial charge in [-0.3, -0.25) is 14.7 Å². The molecule has 0 bridgehead atoms. The summed E-state index contributed by atoms with van der Waals surface area (Å²) in [6.07, 6.45) is 0.173. The Balaban J connectivity index is 1.91. The van der Waals surface area contributed by atoms with Gasteiger partial charge >= 0.3 is 10.2 Å². The zero-order valence-corrected chi connectivity index (χ0v) is 14.9. The highest BCUT2D eigenvalue weighted by Gasteiger charge is 2.38. The molecule has 1 heterocycles. The van der Waals surface area contributed by atoms with Gasteiger partial charge in [-0.25, -0.2) is 5.48 Å². The van der Waals surface area contributed by atoms with Gasteiger partial charge < -0.3 is 4.74 Å². The molecule has 2 aromatic rings. The number of nitrogens with zero attached hydrogens (tertiary/aromatic N) is 1. The van der Waals surface area contributed by atoms with Crippen molar-refractivity contribution in [2.24, 2.45) is 0 Å². The summed E-state index contributed by atoms with van der Waals surface area (Å²) in [6.45, 7) is 0.0275. The number of hydrogen-bond donors (Lipinski definition) is 3. The number of hydrogen-bond acceptors (Lipinski definition) is 5. The minimum atomic E-state index is -4.03. The quantitative estimate of drug-likeness (QED) is 0.537. The number of rotatable bonds is 5. The number of methoxy groups -OCH3 is 1. The van der Waals surface area contributed by atoms with Crippen molar-refractivity contribution in [3.05, 3.63) is 59.7 Å². The van der Waals surface area contributed by atoms with Crippen molar-refractivity contribution in [1.82, 2.24) is 9.79 Å². The van der Waals surface area contributed by atoms with Gasteiger partial charge in [-0.15, -0.1) is 0 Å². The van der Waals surface area contributed by atoms with Gasteiger partial charge in [-0.05, 0) is 41.8 Å². The minimum absolute atomic E-state index is 0.0275. The maximum absolute atomic E-state index is 12.9. The highest BCUT2D eigenvalue weighted by atomic mass is 32.2. The molecule has 1 amide bonds. The summed E-state index contributed by atoms with van der Waals surface area (Å²) < 4.78 is 34.3. The van der Waals surface area contributed by atoms with Crippen molar-refractivity contribution < 1.29 is 23.2 Å². The summed E-state index contributed by atoms with van der Waals surface area (Å²) in [5.74, 6) is -0.183. The monoisotopic (exact) mass is 377 g/mol. The molecule has 0 radical (unpaired) electrons. The molecule has 0 saturated heterocycles. The van der Waals surface area contributed by atoms with Crippen molar-refractivity contribution in [2.45, 2.75) is 19.0 Å². The summed E-state index contributed by atoms with van der Waals surface area (Å²) in [6, 6.07) is 12.6. The van der Waals surface area contributed by atoms with Gasteiger partial charge in [0.1, 0.15) is 11.8 Å². The molecule has 26 heavy (non-hydrogen) atoms. The molecule has 0 aliphatic carbocycles. The van der Waals surface area contributed by atoms with Crippen LogP contribution in [0.25, 0.3) is 0 Å². The van der Waals surface area contributed by atoms with Crippen molar-refractivity contribution >= 4 is 21.8 Å². The smallest absolute Gasteiger partial charge is 0.302 e. The Kier molecular flexibility index (Phi) is 5.12. The summed E-state index contributed by atoms with van der Waals surface area (Å²) in [5, 5.41) is 9.01. The van der Waals surface area contributed by atoms with Gasteiger partial charge in [0.15, 0.2) is 0 Å². The largest absolute Gasteiger partial charge is 0.497 e. The molecule has 1 aliphatic heterocycles. The SMILES string of the molecule is COc1ccc(NS(=O)(=O)N2Cc3ccccc3C[C@@H]2C(=O)NO)cc1. The Bertz CT molecular complexity index is 899. The Hall–Kier alpha value is -2.62. The number of hydroxylamine groups is 1. The minimum Gasteiger partial charge on any atom is -0.497 e. The van der Waals surface area contributed by atoms with Gasteiger partial charge in [0, 0.05) is 6.54 Å². The first-order valence-electron chi connectivity index (χ1n) is 7.89. The second kappa shape index (κ2) is 7.32. The van der Waals surface area contributed by atoms with Crippen LogP contribution >= 0.6 is 0 Å². The summed E-state index contributed by atoms with van der Waals surface area (Å²) >= 11 is 0. The van der Waals surface area contributed by atoms with Crippen LogP contribution in [0.4, 0.5) is 5.69 Å². The highest BCUT2D eigenvalue weighted by Crippen LogP contribution is 2.27. The third-order valence-electron chi connectivity index (χ3n) is 4.26. The average Bonchev–Trinajstić information content (AvgIpc) is 2.66. The lowest BCUT2D eigenvalue weighted by atomic mass is 9.95. The van der Waals surface area contributed by atoms with Crippen LogP contribution in [0.15, 0.2) is 48.5 Å². The van der Waals surface area contributed by atoms with E-state index >= 15 is 0 Å². The van der Waals surface area contributed by atoms with E-state index in [9.17, 15) is 13.2 Å². The molecular weight excluding hydrogens is 358 g/mol. The summed E-state index contributed by atoms with van der Waals surface area (Å²) in [5.41, 5.74) is 3.58. The van der Waals surface area contributed by atoms with Crippen LogP contribution in [-0.4, -0.2) is 37.0 Å². The molecule has 1 aliphatic rings. The maximum Gasteiger partial charge on any atom is 0.302 e. The van der Waals surface area contributed by atoms with Crippen LogP contribution in [0, 0.1) is 0 Å². The Morgan fingerprint density at radius 1 is 1.15 bits per heavy atom. The molecule has 138 valence electrons. The molecule has 0 saturated carbocycles. The number of nitrogens with one attached hydrogen (secondary N) is 2. The van der Waals surface area contributed by atoms with Crippen molar-refractivity contribution in [3.63, 3.8) is 0 Å². The Morgan fingerprint density at radius 2 is 1.81 bits per heavy atom. The number of carbonyl (C=O) groups excluding carboxylic acids is 1. The highest BCUT2D eigenvalue weighted by molar-refractivity contribution is 7.90. The van der Waals surface area contributed by atoms with E-state index in [1.165, 1.54) is 7.11 Å². The normalized spacial score (nSPS) is 17.2.